The van der Waals surface area contributed by atoms with Crippen molar-refractivity contribution in [2.24, 2.45) is 7.05 Å². The van der Waals surface area contributed by atoms with E-state index in [-0.39, 0.29) is 0 Å². The number of para-hydroxylation sites is 1. The highest BCUT2D eigenvalue weighted by Gasteiger charge is 2.17. The fraction of sp³-hybridized carbons (Fsp3) is 0.222. The molecule has 3 aromatic carbocycles. The molecule has 0 saturated carbocycles. The highest BCUT2D eigenvalue weighted by molar-refractivity contribution is 5.91. The summed E-state index contributed by atoms with van der Waals surface area (Å²) >= 11 is 0. The van der Waals surface area contributed by atoms with Gasteiger partial charge in [-0.15, -0.1) is 0 Å². The summed E-state index contributed by atoms with van der Waals surface area (Å²) in [5, 5.41) is 0. The van der Waals surface area contributed by atoms with Crippen LogP contribution in [0, 0.1) is 20.8 Å². The van der Waals surface area contributed by atoms with Crippen LogP contribution in [-0.4, -0.2) is 29.1 Å². The molecule has 3 heterocycles. The normalized spacial score (nSPS) is 11.9. The predicted octanol–water partition coefficient (Wildman–Crippen LogP) is 6.08. The molecule has 6 nitrogen and oxygen atoms in total. The molecule has 6 aromatic rings. The SMILES string of the molecule is CCn1cnc2c(C)cc(-c3nc4c(C)cc(-c5nc6c(C)cccc6[nH]5)cc4n3C)cc21. The Morgan fingerprint density at radius 2 is 1.58 bits per heavy atom. The van der Waals surface area contributed by atoms with Crippen molar-refractivity contribution < 1.29 is 0 Å². The average Bonchev–Trinajstić information content (AvgIpc) is 3.50. The molecule has 6 heteroatoms. The fourth-order valence-electron chi connectivity index (χ4n) is 4.88. The second kappa shape index (κ2) is 7.04. The van der Waals surface area contributed by atoms with Crippen molar-refractivity contribution in [3.63, 3.8) is 0 Å². The zero-order valence-corrected chi connectivity index (χ0v) is 19.6. The van der Waals surface area contributed by atoms with E-state index in [1.807, 2.05) is 6.33 Å². The van der Waals surface area contributed by atoms with Gasteiger partial charge in [-0.3, -0.25) is 0 Å². The van der Waals surface area contributed by atoms with Crippen molar-refractivity contribution in [3.05, 3.63) is 65.5 Å². The third-order valence-electron chi connectivity index (χ3n) is 6.68. The minimum atomic E-state index is 0.885. The van der Waals surface area contributed by atoms with E-state index in [0.29, 0.717) is 0 Å². The number of fused-ring (bicyclic) bond motifs is 3. The maximum absolute atomic E-state index is 5.06. The maximum atomic E-state index is 5.06. The number of nitrogens with one attached hydrogen (secondary N) is 1. The molecule has 33 heavy (non-hydrogen) atoms. The van der Waals surface area contributed by atoms with Gasteiger partial charge in [0, 0.05) is 24.7 Å². The number of H-pyrrole nitrogens is 1. The molecule has 6 rings (SSSR count). The van der Waals surface area contributed by atoms with Gasteiger partial charge in [-0.05, 0) is 74.7 Å². The van der Waals surface area contributed by atoms with Gasteiger partial charge in [0.25, 0.3) is 0 Å². The Morgan fingerprint density at radius 3 is 2.36 bits per heavy atom. The van der Waals surface area contributed by atoms with Crippen LogP contribution in [-0.2, 0) is 13.6 Å². The first kappa shape index (κ1) is 19.7. The largest absolute Gasteiger partial charge is 0.338 e. The first-order valence-electron chi connectivity index (χ1n) is 11.3. The molecule has 164 valence electrons. The lowest BCUT2D eigenvalue weighted by Gasteiger charge is -2.07. The number of aryl methyl sites for hydroxylation is 5. The third-order valence-corrected chi connectivity index (χ3v) is 6.68. The average molecular weight is 435 g/mol. The van der Waals surface area contributed by atoms with Gasteiger partial charge in [0.05, 0.1) is 39.4 Å². The lowest BCUT2D eigenvalue weighted by molar-refractivity contribution is 0.787. The Hall–Kier alpha value is -3.93. The first-order valence-corrected chi connectivity index (χ1v) is 11.3. The van der Waals surface area contributed by atoms with E-state index in [2.05, 4.69) is 96.3 Å². The Morgan fingerprint density at radius 1 is 0.818 bits per heavy atom. The molecule has 0 aliphatic heterocycles. The number of imidazole rings is 3. The molecule has 0 atom stereocenters. The number of aromatic nitrogens is 6. The van der Waals surface area contributed by atoms with E-state index >= 15 is 0 Å². The Balaban J connectivity index is 1.54. The van der Waals surface area contributed by atoms with Crippen molar-refractivity contribution in [1.82, 2.24) is 29.1 Å². The standard InChI is InChI=1S/C27H26N6/c1-6-33-14-28-24-16(3)11-19(13-22(24)33)27-31-25-17(4)10-18(12-21(25)32(27)5)26-29-20-9-7-8-15(2)23(20)30-26/h7-14H,6H2,1-5H3,(H,29,30). The summed E-state index contributed by atoms with van der Waals surface area (Å²) in [5.74, 6) is 1.84. The molecule has 0 unspecified atom stereocenters. The van der Waals surface area contributed by atoms with E-state index in [4.69, 9.17) is 9.97 Å². The summed E-state index contributed by atoms with van der Waals surface area (Å²) in [7, 11) is 2.09. The van der Waals surface area contributed by atoms with Crippen LogP contribution in [0.15, 0.2) is 48.8 Å². The topological polar surface area (TPSA) is 64.3 Å². The molecule has 0 aliphatic carbocycles. The zero-order valence-electron chi connectivity index (χ0n) is 19.6. The predicted molar refractivity (Wildman–Crippen MR) is 134 cm³/mol. The van der Waals surface area contributed by atoms with Gasteiger partial charge in [0.1, 0.15) is 11.6 Å². The zero-order chi connectivity index (χ0) is 22.9. The van der Waals surface area contributed by atoms with Gasteiger partial charge in [-0.25, -0.2) is 15.0 Å². The van der Waals surface area contributed by atoms with E-state index in [1.54, 1.807) is 0 Å². The molecule has 3 aromatic heterocycles. The molecule has 0 bridgehead atoms. The highest BCUT2D eigenvalue weighted by atomic mass is 15.1. The van der Waals surface area contributed by atoms with Gasteiger partial charge in [0.15, 0.2) is 0 Å². The van der Waals surface area contributed by atoms with Crippen LogP contribution < -0.4 is 0 Å². The molecule has 0 fully saturated rings. The number of hydrogen-bond acceptors (Lipinski definition) is 3. The van der Waals surface area contributed by atoms with Crippen molar-refractivity contribution in [2.75, 3.05) is 0 Å². The summed E-state index contributed by atoms with van der Waals surface area (Å²) < 4.78 is 4.37. The third kappa shape index (κ3) is 2.90. The fourth-order valence-corrected chi connectivity index (χ4v) is 4.88. The van der Waals surface area contributed by atoms with Crippen LogP contribution in [0.1, 0.15) is 23.6 Å². The molecule has 0 amide bonds. The van der Waals surface area contributed by atoms with E-state index in [1.165, 1.54) is 5.56 Å². The van der Waals surface area contributed by atoms with Crippen molar-refractivity contribution in [3.8, 4) is 22.8 Å². The minimum absolute atomic E-state index is 0.885. The van der Waals surface area contributed by atoms with Crippen LogP contribution in [0.5, 0.6) is 0 Å². The Kier molecular flexibility index (Phi) is 4.21. The van der Waals surface area contributed by atoms with Gasteiger partial charge < -0.3 is 14.1 Å². The monoisotopic (exact) mass is 434 g/mol. The molecule has 1 N–H and O–H groups in total. The molecule has 0 radical (unpaired) electrons. The molecule has 0 aliphatic rings. The summed E-state index contributed by atoms with van der Waals surface area (Å²) in [6, 6.07) is 15.0. The van der Waals surface area contributed by atoms with Gasteiger partial charge in [-0.1, -0.05) is 12.1 Å². The van der Waals surface area contributed by atoms with E-state index < -0.39 is 0 Å². The minimum Gasteiger partial charge on any atom is -0.338 e. The van der Waals surface area contributed by atoms with Gasteiger partial charge in [-0.2, -0.15) is 0 Å². The van der Waals surface area contributed by atoms with E-state index in [9.17, 15) is 0 Å². The van der Waals surface area contributed by atoms with Crippen LogP contribution in [0.3, 0.4) is 0 Å². The lowest BCUT2D eigenvalue weighted by Crippen LogP contribution is -1.96. The Bertz CT molecular complexity index is 1700. The number of aromatic amines is 1. The van der Waals surface area contributed by atoms with E-state index in [0.717, 1.165) is 73.5 Å². The van der Waals surface area contributed by atoms with Gasteiger partial charge in [0.2, 0.25) is 0 Å². The maximum Gasteiger partial charge on any atom is 0.140 e. The highest BCUT2D eigenvalue weighted by Crippen LogP contribution is 2.32. The van der Waals surface area contributed by atoms with Gasteiger partial charge >= 0.3 is 0 Å². The number of hydrogen-bond donors (Lipinski definition) is 1. The first-order chi connectivity index (χ1) is 15.9. The summed E-state index contributed by atoms with van der Waals surface area (Å²) in [6.07, 6.45) is 1.92. The quantitative estimate of drug-likeness (QED) is 0.367. The summed E-state index contributed by atoms with van der Waals surface area (Å²) in [4.78, 5) is 18.0. The Labute approximate surface area is 191 Å². The van der Waals surface area contributed by atoms with Crippen molar-refractivity contribution in [1.29, 1.82) is 0 Å². The van der Waals surface area contributed by atoms with Crippen LogP contribution in [0.2, 0.25) is 0 Å². The van der Waals surface area contributed by atoms with Crippen molar-refractivity contribution in [2.45, 2.75) is 34.2 Å². The van der Waals surface area contributed by atoms with Crippen LogP contribution >= 0.6 is 0 Å². The molecule has 0 saturated heterocycles. The smallest absolute Gasteiger partial charge is 0.140 e. The van der Waals surface area contributed by atoms with Crippen LogP contribution in [0.25, 0.3) is 55.9 Å². The second-order valence-electron chi connectivity index (χ2n) is 8.90. The number of benzene rings is 3. The summed E-state index contributed by atoms with van der Waals surface area (Å²) in [5.41, 5.74) is 12.0. The summed E-state index contributed by atoms with van der Waals surface area (Å²) in [6.45, 7) is 9.37. The molecule has 0 spiro atoms. The number of nitrogens with zero attached hydrogens (tertiary/aromatic N) is 5. The lowest BCUT2D eigenvalue weighted by atomic mass is 10.1. The molecular formula is C27H26N6. The second-order valence-corrected chi connectivity index (χ2v) is 8.90. The molecular weight excluding hydrogens is 408 g/mol. The van der Waals surface area contributed by atoms with Crippen molar-refractivity contribution >= 4 is 33.1 Å². The number of rotatable bonds is 3. The van der Waals surface area contributed by atoms with Crippen LogP contribution in [0.4, 0.5) is 0 Å².